The molecule has 0 amide bonds. The summed E-state index contributed by atoms with van der Waals surface area (Å²) in [7, 11) is 0. The summed E-state index contributed by atoms with van der Waals surface area (Å²) in [5.41, 5.74) is 1.76. The first kappa shape index (κ1) is 12.6. The van der Waals surface area contributed by atoms with Gasteiger partial charge in [-0.05, 0) is 11.1 Å². The second kappa shape index (κ2) is 5.18. The van der Waals surface area contributed by atoms with Crippen molar-refractivity contribution < 1.29 is 4.79 Å². The van der Waals surface area contributed by atoms with Crippen molar-refractivity contribution in [3.05, 3.63) is 71.8 Å². The van der Waals surface area contributed by atoms with Crippen LogP contribution in [-0.2, 0) is 4.79 Å². The Balaban J connectivity index is 2.52. The Labute approximate surface area is 108 Å². The maximum absolute atomic E-state index is 11.3. The quantitative estimate of drug-likeness (QED) is 0.786. The predicted octanol–water partition coefficient (Wildman–Crippen LogP) is 3.95. The van der Waals surface area contributed by atoms with Gasteiger partial charge in [0.15, 0.2) is 0 Å². The number of rotatable bonds is 4. The van der Waals surface area contributed by atoms with Gasteiger partial charge >= 0.3 is 0 Å². The van der Waals surface area contributed by atoms with Crippen LogP contribution < -0.4 is 0 Å². The van der Waals surface area contributed by atoms with Crippen molar-refractivity contribution in [1.82, 2.24) is 0 Å². The topological polar surface area (TPSA) is 17.1 Å². The van der Waals surface area contributed by atoms with Gasteiger partial charge in [-0.25, -0.2) is 0 Å². The van der Waals surface area contributed by atoms with E-state index < -0.39 is 5.41 Å². The van der Waals surface area contributed by atoms with Gasteiger partial charge in [-0.1, -0.05) is 74.5 Å². The fourth-order valence-corrected chi connectivity index (χ4v) is 2.38. The molecule has 0 aliphatic carbocycles. The number of carbonyl (C=O) groups excluding carboxylic acids is 1. The molecule has 91 valence electrons. The lowest BCUT2D eigenvalue weighted by molar-refractivity contribution is 0.410. The monoisotopic (exact) mass is 237 g/mol. The van der Waals surface area contributed by atoms with Crippen LogP contribution in [0.25, 0.3) is 0 Å². The Morgan fingerprint density at radius 3 is 1.56 bits per heavy atom. The highest BCUT2D eigenvalue weighted by Crippen LogP contribution is 2.39. The zero-order valence-corrected chi connectivity index (χ0v) is 10.8. The van der Waals surface area contributed by atoms with Gasteiger partial charge in [0.2, 0.25) is 6.29 Å². The zero-order chi connectivity index (χ0) is 13.0. The fraction of sp³-hybridized carbons (Fsp3) is 0.235. The minimum atomic E-state index is -0.539. The van der Waals surface area contributed by atoms with Gasteiger partial charge in [0.05, 0.1) is 0 Å². The normalized spacial score (nSPS) is 11.5. The van der Waals surface area contributed by atoms with E-state index >= 15 is 0 Å². The van der Waals surface area contributed by atoms with Crippen LogP contribution in [0.15, 0.2) is 60.7 Å². The van der Waals surface area contributed by atoms with E-state index in [4.69, 9.17) is 0 Å². The molecular weight excluding hydrogens is 220 g/mol. The average Bonchev–Trinajstić information content (AvgIpc) is 2.41. The van der Waals surface area contributed by atoms with Crippen LogP contribution in [0.1, 0.15) is 30.9 Å². The van der Waals surface area contributed by atoms with E-state index in [9.17, 15) is 4.79 Å². The van der Waals surface area contributed by atoms with Crippen molar-refractivity contribution in [2.45, 2.75) is 19.8 Å². The van der Waals surface area contributed by atoms with Crippen molar-refractivity contribution in [2.75, 3.05) is 0 Å². The van der Waals surface area contributed by atoms with E-state index in [-0.39, 0.29) is 5.92 Å². The molecule has 0 N–H and O–H groups in total. The smallest absolute Gasteiger partial charge is 0.205 e. The van der Waals surface area contributed by atoms with E-state index in [0.717, 1.165) is 11.1 Å². The molecule has 0 aromatic heterocycles. The van der Waals surface area contributed by atoms with Gasteiger partial charge in [-0.2, -0.15) is 0 Å². The Kier molecular flexibility index (Phi) is 3.61. The minimum absolute atomic E-state index is 0.0393. The maximum atomic E-state index is 11.3. The van der Waals surface area contributed by atoms with Crippen molar-refractivity contribution in [3.63, 3.8) is 0 Å². The SMILES string of the molecule is CC(C)([C]=O)C(c1ccccc1)c1ccccc1. The first-order valence-corrected chi connectivity index (χ1v) is 6.14. The molecule has 0 aliphatic heterocycles. The highest BCUT2D eigenvalue weighted by molar-refractivity contribution is 5.63. The molecule has 0 fully saturated rings. The molecule has 0 saturated heterocycles. The van der Waals surface area contributed by atoms with Gasteiger partial charge in [0, 0.05) is 11.3 Å². The van der Waals surface area contributed by atoms with Crippen LogP contribution in [0, 0.1) is 5.41 Å². The Hall–Kier alpha value is -1.89. The maximum Gasteiger partial charge on any atom is 0.205 e. The van der Waals surface area contributed by atoms with Crippen molar-refractivity contribution in [1.29, 1.82) is 0 Å². The molecule has 0 saturated carbocycles. The summed E-state index contributed by atoms with van der Waals surface area (Å²) in [6, 6.07) is 20.3. The second-order valence-corrected chi connectivity index (χ2v) is 5.08. The minimum Gasteiger partial charge on any atom is -0.290 e. The van der Waals surface area contributed by atoms with Gasteiger partial charge in [-0.15, -0.1) is 0 Å². The molecular formula is C17H17O. The number of hydrogen-bond donors (Lipinski definition) is 0. The van der Waals surface area contributed by atoms with E-state index in [1.807, 2.05) is 50.2 Å². The Morgan fingerprint density at radius 2 is 1.22 bits per heavy atom. The van der Waals surface area contributed by atoms with E-state index in [1.54, 1.807) is 0 Å². The molecule has 0 unspecified atom stereocenters. The highest BCUT2D eigenvalue weighted by Gasteiger charge is 2.32. The molecule has 2 aromatic carbocycles. The molecule has 18 heavy (non-hydrogen) atoms. The third kappa shape index (κ3) is 2.51. The standard InChI is InChI=1S/C17H17O/c1-17(2,13-18)16(14-9-5-3-6-10-14)15-11-7-4-8-12-15/h3-12,16H,1-2H3. The summed E-state index contributed by atoms with van der Waals surface area (Å²) in [5, 5.41) is 0. The van der Waals surface area contributed by atoms with E-state index in [2.05, 4.69) is 30.6 Å². The Morgan fingerprint density at radius 1 is 0.833 bits per heavy atom. The summed E-state index contributed by atoms with van der Waals surface area (Å²) >= 11 is 0. The Bertz CT molecular complexity index is 460. The summed E-state index contributed by atoms with van der Waals surface area (Å²) in [6.45, 7) is 3.87. The molecule has 0 spiro atoms. The first-order chi connectivity index (χ1) is 8.65. The highest BCUT2D eigenvalue weighted by atomic mass is 16.1. The van der Waals surface area contributed by atoms with E-state index in [1.165, 1.54) is 0 Å². The zero-order valence-electron chi connectivity index (χ0n) is 10.8. The summed E-state index contributed by atoms with van der Waals surface area (Å²) < 4.78 is 0. The van der Waals surface area contributed by atoms with Crippen LogP contribution >= 0.6 is 0 Å². The third-order valence-corrected chi connectivity index (χ3v) is 3.25. The van der Waals surface area contributed by atoms with Crippen molar-refractivity contribution in [2.24, 2.45) is 5.41 Å². The van der Waals surface area contributed by atoms with Crippen LogP contribution in [0.3, 0.4) is 0 Å². The van der Waals surface area contributed by atoms with Gasteiger partial charge in [0.1, 0.15) is 0 Å². The average molecular weight is 237 g/mol. The van der Waals surface area contributed by atoms with Crippen molar-refractivity contribution in [3.8, 4) is 0 Å². The largest absolute Gasteiger partial charge is 0.290 e. The lowest BCUT2D eigenvalue weighted by Crippen LogP contribution is -2.24. The summed E-state index contributed by atoms with van der Waals surface area (Å²) in [4.78, 5) is 11.3. The molecule has 1 heteroatoms. The lowest BCUT2D eigenvalue weighted by Gasteiger charge is -2.29. The van der Waals surface area contributed by atoms with Crippen LogP contribution in [0.5, 0.6) is 0 Å². The van der Waals surface area contributed by atoms with Gasteiger partial charge in [0.25, 0.3) is 0 Å². The van der Waals surface area contributed by atoms with Crippen LogP contribution in [0.4, 0.5) is 0 Å². The third-order valence-electron chi connectivity index (χ3n) is 3.25. The molecule has 1 radical (unpaired) electrons. The van der Waals surface area contributed by atoms with Crippen molar-refractivity contribution >= 4 is 6.29 Å². The summed E-state index contributed by atoms with van der Waals surface area (Å²) in [5.74, 6) is 0.0393. The molecule has 2 rings (SSSR count). The fourth-order valence-electron chi connectivity index (χ4n) is 2.38. The molecule has 0 heterocycles. The van der Waals surface area contributed by atoms with Crippen LogP contribution in [-0.4, -0.2) is 6.29 Å². The van der Waals surface area contributed by atoms with Crippen LogP contribution in [0.2, 0.25) is 0 Å². The van der Waals surface area contributed by atoms with E-state index in [0.29, 0.717) is 0 Å². The van der Waals surface area contributed by atoms with Gasteiger partial charge in [-0.3, -0.25) is 4.79 Å². The molecule has 2 aromatic rings. The first-order valence-electron chi connectivity index (χ1n) is 6.14. The molecule has 0 bridgehead atoms. The molecule has 0 aliphatic rings. The van der Waals surface area contributed by atoms with Gasteiger partial charge < -0.3 is 0 Å². The number of hydrogen-bond acceptors (Lipinski definition) is 1. The second-order valence-electron chi connectivity index (χ2n) is 5.08. The molecule has 1 nitrogen and oxygen atoms in total. The number of benzene rings is 2. The predicted molar refractivity (Wildman–Crippen MR) is 74.2 cm³/mol. The molecule has 0 atom stereocenters. The summed E-state index contributed by atoms with van der Waals surface area (Å²) in [6.07, 6.45) is 2.19. The lowest BCUT2D eigenvalue weighted by atomic mass is 9.72.